The third-order valence-corrected chi connectivity index (χ3v) is 2.22. The maximum atomic E-state index is 11.5. The first-order valence-electron chi connectivity index (χ1n) is 4.50. The molecular formula is C11H10N2O2. The highest BCUT2D eigenvalue weighted by atomic mass is 16.2. The number of hydrogen-bond donors (Lipinski definition) is 1. The molecule has 4 nitrogen and oxygen atoms in total. The van der Waals surface area contributed by atoms with Crippen molar-refractivity contribution in [1.82, 2.24) is 4.90 Å². The lowest BCUT2D eigenvalue weighted by Gasteiger charge is -2.10. The van der Waals surface area contributed by atoms with Crippen LogP contribution >= 0.6 is 0 Å². The Morgan fingerprint density at radius 3 is 2.53 bits per heavy atom. The van der Waals surface area contributed by atoms with Crippen LogP contribution in [0.5, 0.6) is 0 Å². The van der Waals surface area contributed by atoms with Crippen LogP contribution in [0.2, 0.25) is 0 Å². The van der Waals surface area contributed by atoms with Crippen LogP contribution in [0.15, 0.2) is 47.3 Å². The van der Waals surface area contributed by atoms with Crippen LogP contribution in [0.3, 0.4) is 0 Å². The van der Waals surface area contributed by atoms with Crippen LogP contribution in [-0.2, 0) is 4.79 Å². The number of amides is 1. The minimum absolute atomic E-state index is 0.0661. The Morgan fingerprint density at radius 1 is 1.33 bits per heavy atom. The topological polar surface area (TPSA) is 52.9 Å². The summed E-state index contributed by atoms with van der Waals surface area (Å²) in [6, 6.07) is 9.36. The van der Waals surface area contributed by atoms with E-state index in [1.165, 1.54) is 4.90 Å². The number of amidine groups is 1. The molecule has 1 aromatic carbocycles. The molecule has 76 valence electrons. The third kappa shape index (κ3) is 1.50. The van der Waals surface area contributed by atoms with Gasteiger partial charge in [0, 0.05) is 12.6 Å². The van der Waals surface area contributed by atoms with E-state index in [0.717, 1.165) is 11.8 Å². The van der Waals surface area contributed by atoms with Gasteiger partial charge in [0.2, 0.25) is 0 Å². The summed E-state index contributed by atoms with van der Waals surface area (Å²) in [5.74, 6) is 0.261. The van der Waals surface area contributed by atoms with E-state index in [1.54, 1.807) is 7.05 Å². The summed E-state index contributed by atoms with van der Waals surface area (Å²) in [5.41, 5.74) is 0.918. The minimum atomic E-state index is -0.295. The lowest BCUT2D eigenvalue weighted by atomic mass is 10.2. The molecule has 0 aliphatic carbocycles. The highest BCUT2D eigenvalue weighted by Crippen LogP contribution is 2.17. The third-order valence-electron chi connectivity index (χ3n) is 2.22. The summed E-state index contributed by atoms with van der Waals surface area (Å²) in [4.78, 5) is 17.0. The van der Waals surface area contributed by atoms with Gasteiger partial charge in [0.05, 0.1) is 0 Å². The van der Waals surface area contributed by atoms with Crippen molar-refractivity contribution < 1.29 is 9.90 Å². The number of hydrogen-bond acceptors (Lipinski definition) is 3. The molecule has 2 rings (SSSR count). The Bertz CT molecular complexity index is 449. The fourth-order valence-corrected chi connectivity index (χ4v) is 1.43. The van der Waals surface area contributed by atoms with Crippen molar-refractivity contribution >= 4 is 11.7 Å². The Labute approximate surface area is 87.2 Å². The smallest absolute Gasteiger partial charge is 0.281 e. The summed E-state index contributed by atoms with van der Waals surface area (Å²) in [6.45, 7) is 0. The van der Waals surface area contributed by atoms with Gasteiger partial charge in [-0.1, -0.05) is 30.3 Å². The highest BCUT2D eigenvalue weighted by molar-refractivity contribution is 6.17. The minimum Gasteiger partial charge on any atom is -0.513 e. The quantitative estimate of drug-likeness (QED) is 0.551. The van der Waals surface area contributed by atoms with Gasteiger partial charge in [-0.2, -0.15) is 0 Å². The van der Waals surface area contributed by atoms with E-state index in [2.05, 4.69) is 4.99 Å². The van der Waals surface area contributed by atoms with Gasteiger partial charge in [-0.05, 0) is 0 Å². The first-order valence-corrected chi connectivity index (χ1v) is 4.50. The molecule has 0 atom stereocenters. The van der Waals surface area contributed by atoms with Gasteiger partial charge >= 0.3 is 0 Å². The van der Waals surface area contributed by atoms with Gasteiger partial charge in [0.15, 0.2) is 5.70 Å². The van der Waals surface area contributed by atoms with Crippen molar-refractivity contribution in [2.24, 2.45) is 4.99 Å². The van der Waals surface area contributed by atoms with E-state index in [9.17, 15) is 4.79 Å². The van der Waals surface area contributed by atoms with Crippen LogP contribution in [0.1, 0.15) is 5.56 Å². The monoisotopic (exact) mass is 202 g/mol. The van der Waals surface area contributed by atoms with Crippen LogP contribution in [0.25, 0.3) is 0 Å². The summed E-state index contributed by atoms with van der Waals surface area (Å²) >= 11 is 0. The number of benzene rings is 1. The second-order valence-electron chi connectivity index (χ2n) is 3.18. The maximum absolute atomic E-state index is 11.5. The molecule has 0 saturated heterocycles. The average molecular weight is 202 g/mol. The van der Waals surface area contributed by atoms with E-state index < -0.39 is 0 Å². The molecule has 15 heavy (non-hydrogen) atoms. The van der Waals surface area contributed by atoms with Crippen LogP contribution in [0.4, 0.5) is 0 Å². The first kappa shape index (κ1) is 9.45. The molecule has 0 fully saturated rings. The van der Waals surface area contributed by atoms with E-state index >= 15 is 0 Å². The number of aliphatic hydroxyl groups is 1. The molecule has 0 unspecified atom stereocenters. The van der Waals surface area contributed by atoms with Crippen molar-refractivity contribution in [3.63, 3.8) is 0 Å². The van der Waals surface area contributed by atoms with Gasteiger partial charge in [-0.25, -0.2) is 4.99 Å². The zero-order chi connectivity index (χ0) is 10.8. The van der Waals surface area contributed by atoms with E-state index in [1.807, 2.05) is 30.3 Å². The van der Waals surface area contributed by atoms with Gasteiger partial charge in [-0.3, -0.25) is 9.69 Å². The molecular weight excluding hydrogens is 192 g/mol. The fourth-order valence-electron chi connectivity index (χ4n) is 1.43. The molecule has 1 amide bonds. The van der Waals surface area contributed by atoms with Gasteiger partial charge < -0.3 is 5.11 Å². The Kier molecular flexibility index (Phi) is 2.25. The molecule has 0 saturated carbocycles. The highest BCUT2D eigenvalue weighted by Gasteiger charge is 2.27. The van der Waals surface area contributed by atoms with Crippen molar-refractivity contribution in [3.05, 3.63) is 47.9 Å². The number of carbonyl (C=O) groups is 1. The zero-order valence-electron chi connectivity index (χ0n) is 8.21. The standard InChI is InChI=1S/C11H10N2O2/c1-13-10(8-5-3-2-4-6-8)12-9(7-14)11(13)15/h2-7,14H,1H3. The molecule has 1 N–H and O–H groups in total. The number of aliphatic imine (C=N–C) groups is 1. The summed E-state index contributed by atoms with van der Waals surface area (Å²) in [5, 5.41) is 8.80. The van der Waals surface area contributed by atoms with Crippen molar-refractivity contribution in [2.45, 2.75) is 0 Å². The molecule has 1 aliphatic rings. The number of aliphatic hydroxyl groups excluding tert-OH is 1. The molecule has 0 aromatic heterocycles. The van der Waals surface area contributed by atoms with Crippen LogP contribution in [-0.4, -0.2) is 28.8 Å². The number of rotatable bonds is 1. The molecule has 0 bridgehead atoms. The molecule has 0 spiro atoms. The molecule has 0 radical (unpaired) electrons. The summed E-state index contributed by atoms with van der Waals surface area (Å²) in [7, 11) is 1.63. The van der Waals surface area contributed by atoms with E-state index in [0.29, 0.717) is 5.84 Å². The van der Waals surface area contributed by atoms with Gasteiger partial charge in [0.1, 0.15) is 12.1 Å². The second-order valence-corrected chi connectivity index (χ2v) is 3.18. The Hall–Kier alpha value is -2.10. The lowest BCUT2D eigenvalue weighted by molar-refractivity contribution is -0.121. The maximum Gasteiger partial charge on any atom is 0.281 e. The zero-order valence-corrected chi connectivity index (χ0v) is 8.21. The number of nitrogens with zero attached hydrogens (tertiary/aromatic N) is 2. The molecule has 4 heteroatoms. The molecule has 1 aliphatic heterocycles. The summed E-state index contributed by atoms with van der Waals surface area (Å²) in [6.07, 6.45) is 0.731. The number of carbonyl (C=O) groups excluding carboxylic acids is 1. The van der Waals surface area contributed by atoms with Crippen molar-refractivity contribution in [3.8, 4) is 0 Å². The Balaban J connectivity index is 2.44. The van der Waals surface area contributed by atoms with Gasteiger partial charge in [0.25, 0.3) is 5.91 Å². The Morgan fingerprint density at radius 2 is 2.00 bits per heavy atom. The lowest BCUT2D eigenvalue weighted by Crippen LogP contribution is -2.28. The normalized spacial score (nSPS) is 18.5. The largest absolute Gasteiger partial charge is 0.513 e. The van der Waals surface area contributed by atoms with Crippen LogP contribution < -0.4 is 0 Å². The first-order chi connectivity index (χ1) is 7.24. The van der Waals surface area contributed by atoms with Crippen molar-refractivity contribution in [2.75, 3.05) is 7.05 Å². The SMILES string of the molecule is CN1C(=O)C(=CO)N=C1c1ccccc1. The molecule has 1 aromatic rings. The van der Waals surface area contributed by atoms with Crippen molar-refractivity contribution in [1.29, 1.82) is 0 Å². The predicted octanol–water partition coefficient (Wildman–Crippen LogP) is 1.30. The number of likely N-dealkylation sites (N-methyl/N-ethyl adjacent to an activating group) is 1. The second kappa shape index (κ2) is 3.57. The fraction of sp³-hybridized carbons (Fsp3) is 0.0909. The average Bonchev–Trinajstić information content (AvgIpc) is 2.57. The van der Waals surface area contributed by atoms with E-state index in [4.69, 9.17) is 5.11 Å². The van der Waals surface area contributed by atoms with E-state index in [-0.39, 0.29) is 11.6 Å². The predicted molar refractivity (Wildman–Crippen MR) is 56.5 cm³/mol. The van der Waals surface area contributed by atoms with Gasteiger partial charge in [-0.15, -0.1) is 0 Å². The summed E-state index contributed by atoms with van der Waals surface area (Å²) < 4.78 is 0. The van der Waals surface area contributed by atoms with Crippen LogP contribution in [0, 0.1) is 0 Å². The molecule has 1 heterocycles.